The maximum Gasteiger partial charge on any atom is 0.346 e. The minimum atomic E-state index is -2.84. The van der Waals surface area contributed by atoms with Crippen molar-refractivity contribution in [1.29, 1.82) is 0 Å². The number of rotatable bonds is 9. The van der Waals surface area contributed by atoms with Gasteiger partial charge in [-0.05, 0) is 0 Å². The molecule has 10 heteroatoms. The third kappa shape index (κ3) is 8.05. The van der Waals surface area contributed by atoms with Crippen LogP contribution in [-0.4, -0.2) is 48.6 Å². The van der Waals surface area contributed by atoms with Crippen LogP contribution >= 0.6 is 8.60 Å². The molecule has 0 aromatic rings. The van der Waals surface area contributed by atoms with E-state index in [1.807, 2.05) is 0 Å². The normalized spacial score (nSPS) is 14.2. The van der Waals surface area contributed by atoms with Gasteiger partial charge in [-0.2, -0.15) is 0 Å². The summed E-state index contributed by atoms with van der Waals surface area (Å²) in [5, 5.41) is 55.8. The van der Waals surface area contributed by atoms with Crippen molar-refractivity contribution in [2.75, 3.05) is 0 Å². The van der Waals surface area contributed by atoms with Gasteiger partial charge in [0.05, 0.1) is 0 Å². The lowest BCUT2D eigenvalue weighted by molar-refractivity contribution is -0.347. The van der Waals surface area contributed by atoms with E-state index in [4.69, 9.17) is 0 Å². The minimum Gasteiger partial charge on any atom is -0.343 e. The molecule has 0 atom stereocenters. The molecule has 0 aromatic carbocycles. The summed E-state index contributed by atoms with van der Waals surface area (Å²) in [5.41, 5.74) is 0. The van der Waals surface area contributed by atoms with Crippen LogP contribution in [0.5, 0.6) is 0 Å². The van der Waals surface area contributed by atoms with Crippen molar-refractivity contribution in [1.82, 2.24) is 0 Å². The molecule has 19 heavy (non-hydrogen) atoms. The second-order valence-electron chi connectivity index (χ2n) is 3.79. The number of aliphatic hydroxyl groups is 6. The van der Waals surface area contributed by atoms with Gasteiger partial charge in [0.15, 0.2) is 0 Å². The summed E-state index contributed by atoms with van der Waals surface area (Å²) < 4.78 is 13.7. The molecular formula is C9H21O9P. The van der Waals surface area contributed by atoms with Gasteiger partial charge in [0.25, 0.3) is 17.9 Å². The van der Waals surface area contributed by atoms with Crippen LogP contribution in [-0.2, 0) is 13.6 Å². The van der Waals surface area contributed by atoms with Crippen molar-refractivity contribution in [2.45, 2.75) is 58.0 Å². The zero-order chi connectivity index (χ0) is 15.3. The Bertz CT molecular complexity index is 226. The van der Waals surface area contributed by atoms with E-state index in [2.05, 4.69) is 13.6 Å². The first-order valence-electron chi connectivity index (χ1n) is 5.68. The van der Waals surface area contributed by atoms with Gasteiger partial charge in [0, 0.05) is 19.3 Å². The second kappa shape index (κ2) is 7.19. The van der Waals surface area contributed by atoms with Gasteiger partial charge >= 0.3 is 8.60 Å². The zero-order valence-corrected chi connectivity index (χ0v) is 11.9. The van der Waals surface area contributed by atoms with Crippen LogP contribution in [0.15, 0.2) is 0 Å². The molecule has 0 aromatic heterocycles. The first kappa shape index (κ1) is 19.1. The zero-order valence-electron chi connectivity index (χ0n) is 11.0. The van der Waals surface area contributed by atoms with Crippen LogP contribution < -0.4 is 0 Å². The SMILES string of the molecule is CCC(O)(O)OP(OC(O)(O)CC)OC(O)(O)CC. The highest BCUT2D eigenvalue weighted by atomic mass is 31.2. The fourth-order valence-electron chi connectivity index (χ4n) is 0.608. The minimum absolute atomic E-state index is 0.287. The summed E-state index contributed by atoms with van der Waals surface area (Å²) in [6.45, 7) is 4.09. The van der Waals surface area contributed by atoms with Crippen LogP contribution in [0.2, 0.25) is 0 Å². The average molecular weight is 304 g/mol. The molecule has 0 saturated carbocycles. The van der Waals surface area contributed by atoms with Crippen molar-refractivity contribution < 1.29 is 44.2 Å². The lowest BCUT2D eigenvalue weighted by Gasteiger charge is -2.32. The summed E-state index contributed by atoms with van der Waals surface area (Å²) >= 11 is 0. The first-order valence-corrected chi connectivity index (χ1v) is 6.78. The highest BCUT2D eigenvalue weighted by Gasteiger charge is 2.40. The van der Waals surface area contributed by atoms with E-state index in [0.29, 0.717) is 0 Å². The van der Waals surface area contributed by atoms with Crippen molar-refractivity contribution in [3.8, 4) is 0 Å². The third-order valence-electron chi connectivity index (χ3n) is 2.04. The quantitative estimate of drug-likeness (QED) is 0.243. The lowest BCUT2D eigenvalue weighted by Crippen LogP contribution is -2.37. The van der Waals surface area contributed by atoms with Gasteiger partial charge in [-0.15, -0.1) is 0 Å². The number of hydrogen-bond donors (Lipinski definition) is 6. The molecule has 9 nitrogen and oxygen atoms in total. The van der Waals surface area contributed by atoms with E-state index in [1.165, 1.54) is 20.8 Å². The Balaban J connectivity index is 4.84. The third-order valence-corrected chi connectivity index (χ3v) is 3.37. The molecule has 0 unspecified atom stereocenters. The summed E-state index contributed by atoms with van der Waals surface area (Å²) in [6.07, 6.45) is -0.862. The molecule has 116 valence electrons. The Morgan fingerprint density at radius 1 is 0.632 bits per heavy atom. The standard InChI is InChI=1S/C9H21O9P/c1-4-7(10,11)16-19(17-8(12,13)5-2)18-9(14,15)6-3/h10-15H,4-6H2,1-3H3. The van der Waals surface area contributed by atoms with Gasteiger partial charge in [0.2, 0.25) is 0 Å². The molecule has 0 spiro atoms. The van der Waals surface area contributed by atoms with Crippen LogP contribution in [0.3, 0.4) is 0 Å². The van der Waals surface area contributed by atoms with Crippen LogP contribution in [0.1, 0.15) is 40.0 Å². The summed E-state index contributed by atoms with van der Waals surface area (Å²) in [6, 6.07) is 0. The van der Waals surface area contributed by atoms with E-state index in [9.17, 15) is 30.6 Å². The Morgan fingerprint density at radius 3 is 1.00 bits per heavy atom. The van der Waals surface area contributed by atoms with Crippen molar-refractivity contribution in [3.63, 3.8) is 0 Å². The Morgan fingerprint density at radius 2 is 0.842 bits per heavy atom. The molecule has 0 radical (unpaired) electrons. The molecule has 0 bridgehead atoms. The molecule has 0 amide bonds. The second-order valence-corrected chi connectivity index (χ2v) is 4.78. The molecule has 6 N–H and O–H groups in total. The highest BCUT2D eigenvalue weighted by molar-refractivity contribution is 7.41. The molecule has 0 aliphatic carbocycles. The van der Waals surface area contributed by atoms with Crippen LogP contribution in [0.25, 0.3) is 0 Å². The smallest absolute Gasteiger partial charge is 0.343 e. The maximum absolute atomic E-state index is 9.30. The lowest BCUT2D eigenvalue weighted by atomic mass is 10.4. The van der Waals surface area contributed by atoms with Gasteiger partial charge in [0.1, 0.15) is 0 Å². The van der Waals surface area contributed by atoms with Gasteiger partial charge < -0.3 is 30.6 Å². The Kier molecular flexibility index (Phi) is 7.21. The van der Waals surface area contributed by atoms with Gasteiger partial charge in [-0.3, -0.25) is 13.6 Å². The van der Waals surface area contributed by atoms with E-state index in [-0.39, 0.29) is 19.3 Å². The van der Waals surface area contributed by atoms with Gasteiger partial charge in [-0.25, -0.2) is 0 Å². The largest absolute Gasteiger partial charge is 0.346 e. The average Bonchev–Trinajstić information content (AvgIpc) is 2.27. The van der Waals surface area contributed by atoms with Crippen molar-refractivity contribution in [2.24, 2.45) is 0 Å². The molecule has 0 heterocycles. The predicted octanol–water partition coefficient (Wildman–Crippen LogP) is -0.592. The van der Waals surface area contributed by atoms with E-state index >= 15 is 0 Å². The summed E-state index contributed by atoms with van der Waals surface area (Å²) in [4.78, 5) is 0. The fourth-order valence-corrected chi connectivity index (χ4v) is 1.82. The molecular weight excluding hydrogens is 283 g/mol. The first-order chi connectivity index (χ1) is 8.47. The van der Waals surface area contributed by atoms with Gasteiger partial charge in [-0.1, -0.05) is 20.8 Å². The van der Waals surface area contributed by atoms with Crippen molar-refractivity contribution >= 4 is 8.60 Å². The summed E-state index contributed by atoms with van der Waals surface area (Å²) in [7, 11) is -2.84. The van der Waals surface area contributed by atoms with Crippen molar-refractivity contribution in [3.05, 3.63) is 0 Å². The van der Waals surface area contributed by atoms with E-state index in [1.54, 1.807) is 0 Å². The number of hydrogen-bond acceptors (Lipinski definition) is 9. The maximum atomic E-state index is 9.30. The van der Waals surface area contributed by atoms with E-state index < -0.39 is 26.5 Å². The molecule has 0 aliphatic heterocycles. The molecule has 0 rings (SSSR count). The Hall–Kier alpha value is 0.0700. The van der Waals surface area contributed by atoms with Crippen LogP contribution in [0, 0.1) is 0 Å². The van der Waals surface area contributed by atoms with E-state index in [0.717, 1.165) is 0 Å². The summed E-state index contributed by atoms with van der Waals surface area (Å²) in [5.74, 6) is -8.00. The molecule has 0 fully saturated rings. The highest BCUT2D eigenvalue weighted by Crippen LogP contribution is 2.49. The molecule has 0 aliphatic rings. The monoisotopic (exact) mass is 304 g/mol. The predicted molar refractivity (Wildman–Crippen MR) is 62.6 cm³/mol. The molecule has 0 saturated heterocycles. The Labute approximate surface area is 112 Å². The van der Waals surface area contributed by atoms with Crippen LogP contribution in [0.4, 0.5) is 0 Å². The fraction of sp³-hybridized carbons (Fsp3) is 1.00. The topological polar surface area (TPSA) is 149 Å².